The summed E-state index contributed by atoms with van der Waals surface area (Å²) in [6, 6.07) is 0. The standard InChI is InChI=1S/C21H27N5O3/c1-14-18-6-7-25(20(27)8-15-2-4-17(5-3-15)21(28)29)12-19(18)26(24-14)11-16-9-22-13-23-10-16/h9-10,13,15,17H,2-8,11-12H2,1H3,(H,28,29). The molecule has 0 bridgehead atoms. The fourth-order valence-electron chi connectivity index (χ4n) is 4.59. The molecule has 1 aliphatic heterocycles. The van der Waals surface area contributed by atoms with E-state index in [0.29, 0.717) is 38.3 Å². The van der Waals surface area contributed by atoms with Gasteiger partial charge in [-0.2, -0.15) is 5.10 Å². The lowest BCUT2D eigenvalue weighted by molar-refractivity contribution is -0.143. The zero-order valence-corrected chi connectivity index (χ0v) is 16.8. The molecule has 1 fully saturated rings. The number of carboxylic acids is 1. The van der Waals surface area contributed by atoms with Gasteiger partial charge in [-0.1, -0.05) is 0 Å². The molecule has 0 radical (unpaired) electrons. The van der Waals surface area contributed by atoms with E-state index >= 15 is 0 Å². The van der Waals surface area contributed by atoms with E-state index in [1.165, 1.54) is 11.9 Å². The third-order valence-corrected chi connectivity index (χ3v) is 6.30. The second-order valence-electron chi connectivity index (χ2n) is 8.24. The van der Waals surface area contributed by atoms with Gasteiger partial charge in [-0.3, -0.25) is 14.3 Å². The van der Waals surface area contributed by atoms with Crippen molar-refractivity contribution in [3.05, 3.63) is 41.2 Å². The van der Waals surface area contributed by atoms with Gasteiger partial charge in [0.15, 0.2) is 0 Å². The number of carbonyl (C=O) groups is 2. The molecular weight excluding hydrogens is 370 g/mol. The second kappa shape index (κ2) is 8.31. The molecule has 154 valence electrons. The smallest absolute Gasteiger partial charge is 0.306 e. The van der Waals surface area contributed by atoms with Crippen LogP contribution in [0.2, 0.25) is 0 Å². The van der Waals surface area contributed by atoms with Crippen molar-refractivity contribution in [2.24, 2.45) is 11.8 Å². The summed E-state index contributed by atoms with van der Waals surface area (Å²) in [5.74, 6) is -0.473. The molecule has 2 aromatic heterocycles. The van der Waals surface area contributed by atoms with Crippen LogP contribution in [0.15, 0.2) is 18.7 Å². The van der Waals surface area contributed by atoms with Crippen molar-refractivity contribution < 1.29 is 14.7 Å². The predicted molar refractivity (Wildman–Crippen MR) is 105 cm³/mol. The Kier molecular flexibility index (Phi) is 5.60. The van der Waals surface area contributed by atoms with Gasteiger partial charge < -0.3 is 10.0 Å². The SMILES string of the molecule is Cc1nn(Cc2cncnc2)c2c1CCN(C(=O)CC1CCC(C(=O)O)CC1)C2. The lowest BCUT2D eigenvalue weighted by atomic mass is 9.80. The van der Waals surface area contributed by atoms with E-state index in [4.69, 9.17) is 5.11 Å². The second-order valence-corrected chi connectivity index (χ2v) is 8.24. The first-order valence-electron chi connectivity index (χ1n) is 10.3. The van der Waals surface area contributed by atoms with Gasteiger partial charge in [0.05, 0.1) is 30.4 Å². The normalized spacial score (nSPS) is 21.6. The Morgan fingerprint density at radius 1 is 1.17 bits per heavy atom. The van der Waals surface area contributed by atoms with Gasteiger partial charge in [-0.15, -0.1) is 0 Å². The number of aryl methyl sites for hydroxylation is 1. The number of carbonyl (C=O) groups excluding carboxylic acids is 1. The summed E-state index contributed by atoms with van der Waals surface area (Å²) in [5.41, 5.74) is 4.35. The van der Waals surface area contributed by atoms with Gasteiger partial charge in [-0.25, -0.2) is 9.97 Å². The number of fused-ring (bicyclic) bond motifs is 1. The largest absolute Gasteiger partial charge is 0.481 e. The van der Waals surface area contributed by atoms with Gasteiger partial charge in [-0.05, 0) is 50.5 Å². The number of amides is 1. The average Bonchev–Trinajstić information content (AvgIpc) is 3.04. The van der Waals surface area contributed by atoms with Crippen LogP contribution in [-0.2, 0) is 29.1 Å². The van der Waals surface area contributed by atoms with Crippen molar-refractivity contribution in [2.75, 3.05) is 6.54 Å². The van der Waals surface area contributed by atoms with Crippen LogP contribution in [0.3, 0.4) is 0 Å². The van der Waals surface area contributed by atoms with Gasteiger partial charge >= 0.3 is 5.97 Å². The molecule has 3 heterocycles. The zero-order chi connectivity index (χ0) is 20.4. The van der Waals surface area contributed by atoms with E-state index in [1.807, 2.05) is 16.5 Å². The highest BCUT2D eigenvalue weighted by atomic mass is 16.4. The fraction of sp³-hybridized carbons (Fsp3) is 0.571. The Bertz CT molecular complexity index is 887. The van der Waals surface area contributed by atoms with Crippen molar-refractivity contribution in [1.29, 1.82) is 0 Å². The lowest BCUT2D eigenvalue weighted by Gasteiger charge is -2.31. The maximum absolute atomic E-state index is 12.9. The molecule has 2 aliphatic rings. The Hall–Kier alpha value is -2.77. The molecule has 1 aliphatic carbocycles. The Labute approximate surface area is 170 Å². The molecule has 0 unspecified atom stereocenters. The summed E-state index contributed by atoms with van der Waals surface area (Å²) in [4.78, 5) is 34.1. The van der Waals surface area contributed by atoms with Crippen LogP contribution in [0.1, 0.15) is 54.6 Å². The predicted octanol–water partition coefficient (Wildman–Crippen LogP) is 2.20. The number of rotatable bonds is 5. The number of hydrogen-bond donors (Lipinski definition) is 1. The first kappa shape index (κ1) is 19.5. The number of aromatic nitrogens is 4. The summed E-state index contributed by atoms with van der Waals surface area (Å²) in [6.45, 7) is 3.91. The van der Waals surface area contributed by atoms with Crippen LogP contribution in [-0.4, -0.2) is 48.2 Å². The molecule has 0 atom stereocenters. The van der Waals surface area contributed by atoms with Crippen molar-refractivity contribution in [3.8, 4) is 0 Å². The van der Waals surface area contributed by atoms with E-state index in [2.05, 4.69) is 15.1 Å². The molecular formula is C21H27N5O3. The minimum absolute atomic E-state index is 0.169. The molecule has 8 heteroatoms. The molecule has 2 aromatic rings. The fourth-order valence-corrected chi connectivity index (χ4v) is 4.59. The molecule has 8 nitrogen and oxygen atoms in total. The molecule has 1 N–H and O–H groups in total. The molecule has 0 saturated heterocycles. The monoisotopic (exact) mass is 397 g/mol. The Balaban J connectivity index is 1.40. The zero-order valence-electron chi connectivity index (χ0n) is 16.8. The molecule has 0 aromatic carbocycles. The Morgan fingerprint density at radius 3 is 2.59 bits per heavy atom. The molecule has 0 spiro atoms. The van der Waals surface area contributed by atoms with Crippen LogP contribution in [0.4, 0.5) is 0 Å². The van der Waals surface area contributed by atoms with Crippen LogP contribution < -0.4 is 0 Å². The van der Waals surface area contributed by atoms with Crippen molar-refractivity contribution in [2.45, 2.75) is 58.5 Å². The first-order chi connectivity index (χ1) is 14.0. The van der Waals surface area contributed by atoms with Crippen molar-refractivity contribution in [3.63, 3.8) is 0 Å². The highest BCUT2D eigenvalue weighted by molar-refractivity contribution is 5.77. The molecule has 1 saturated carbocycles. The minimum Gasteiger partial charge on any atom is -0.481 e. The molecule has 1 amide bonds. The summed E-state index contributed by atoms with van der Waals surface area (Å²) in [6.07, 6.45) is 9.44. The van der Waals surface area contributed by atoms with Crippen LogP contribution in [0.25, 0.3) is 0 Å². The van der Waals surface area contributed by atoms with Crippen molar-refractivity contribution in [1.82, 2.24) is 24.6 Å². The van der Waals surface area contributed by atoms with Crippen LogP contribution in [0.5, 0.6) is 0 Å². The van der Waals surface area contributed by atoms with E-state index < -0.39 is 5.97 Å². The first-order valence-corrected chi connectivity index (χ1v) is 10.3. The summed E-state index contributed by atoms with van der Waals surface area (Å²) in [7, 11) is 0. The highest BCUT2D eigenvalue weighted by Gasteiger charge is 2.30. The molecule has 4 rings (SSSR count). The molecule has 29 heavy (non-hydrogen) atoms. The van der Waals surface area contributed by atoms with Gasteiger partial charge in [0.25, 0.3) is 0 Å². The number of aliphatic carboxylic acids is 1. The van der Waals surface area contributed by atoms with Gasteiger partial charge in [0, 0.05) is 30.9 Å². The van der Waals surface area contributed by atoms with E-state index in [1.54, 1.807) is 12.4 Å². The highest BCUT2D eigenvalue weighted by Crippen LogP contribution is 2.32. The third kappa shape index (κ3) is 4.31. The number of hydrogen-bond acceptors (Lipinski definition) is 5. The van der Waals surface area contributed by atoms with Gasteiger partial charge in [0.1, 0.15) is 6.33 Å². The maximum Gasteiger partial charge on any atom is 0.306 e. The van der Waals surface area contributed by atoms with Gasteiger partial charge in [0.2, 0.25) is 5.91 Å². The van der Waals surface area contributed by atoms with E-state index in [0.717, 1.165) is 42.8 Å². The summed E-state index contributed by atoms with van der Waals surface area (Å²) in [5, 5.41) is 13.8. The van der Waals surface area contributed by atoms with E-state index in [-0.39, 0.29) is 11.8 Å². The Morgan fingerprint density at radius 2 is 1.90 bits per heavy atom. The van der Waals surface area contributed by atoms with E-state index in [9.17, 15) is 9.59 Å². The average molecular weight is 397 g/mol. The number of nitrogens with zero attached hydrogens (tertiary/aromatic N) is 5. The third-order valence-electron chi connectivity index (χ3n) is 6.30. The maximum atomic E-state index is 12.9. The van der Waals surface area contributed by atoms with Crippen molar-refractivity contribution >= 4 is 11.9 Å². The van der Waals surface area contributed by atoms with Crippen LogP contribution >= 0.6 is 0 Å². The number of carboxylic acid groups (broad SMARTS) is 1. The quantitative estimate of drug-likeness (QED) is 0.830. The topological polar surface area (TPSA) is 101 Å². The van der Waals surface area contributed by atoms with Crippen LogP contribution in [0, 0.1) is 18.8 Å². The lowest BCUT2D eigenvalue weighted by Crippen LogP contribution is -2.38. The minimum atomic E-state index is -0.703. The summed E-state index contributed by atoms with van der Waals surface area (Å²) >= 11 is 0. The summed E-state index contributed by atoms with van der Waals surface area (Å²) < 4.78 is 1.97.